The second-order valence-corrected chi connectivity index (χ2v) is 5.10. The maximum atomic E-state index is 10.9. The summed E-state index contributed by atoms with van der Waals surface area (Å²) in [5.74, 6) is 2.30. The third kappa shape index (κ3) is 2.42. The Hall–Kier alpha value is -0.220. The monoisotopic (exact) mass is 215 g/mol. The molecule has 0 aliphatic carbocycles. The second-order valence-electron chi connectivity index (χ2n) is 3.95. The molecule has 0 saturated carbocycles. The van der Waals surface area contributed by atoms with Crippen LogP contribution < -0.4 is 0 Å². The number of carbonyl (C=O) groups is 1. The molecule has 14 heavy (non-hydrogen) atoms. The van der Waals surface area contributed by atoms with E-state index in [1.807, 2.05) is 16.7 Å². The highest BCUT2D eigenvalue weighted by Crippen LogP contribution is 2.23. The minimum absolute atomic E-state index is 0.297. The van der Waals surface area contributed by atoms with E-state index in [0.717, 1.165) is 44.6 Å². The van der Waals surface area contributed by atoms with Crippen LogP contribution in [-0.2, 0) is 9.53 Å². The molecule has 2 atom stereocenters. The van der Waals surface area contributed by atoms with Crippen LogP contribution in [0.2, 0.25) is 0 Å². The first kappa shape index (κ1) is 10.3. The zero-order valence-corrected chi connectivity index (χ0v) is 9.17. The van der Waals surface area contributed by atoms with Crippen molar-refractivity contribution in [3.63, 3.8) is 0 Å². The molecule has 0 radical (unpaired) electrons. The number of nitrogens with zero attached hydrogens (tertiary/aromatic N) is 1. The first-order chi connectivity index (χ1) is 6.90. The Morgan fingerprint density at radius 1 is 1.50 bits per heavy atom. The van der Waals surface area contributed by atoms with Crippen molar-refractivity contribution < 1.29 is 9.53 Å². The first-order valence-electron chi connectivity index (χ1n) is 5.30. The standard InChI is InChI=1S/C10H17NO2S/c12-8-11(9-3-5-14-7-9)6-10-2-1-4-13-10/h8-10H,1-7H2. The minimum atomic E-state index is 0.297. The van der Waals surface area contributed by atoms with E-state index < -0.39 is 0 Å². The molecule has 2 heterocycles. The van der Waals surface area contributed by atoms with Gasteiger partial charge in [-0.15, -0.1) is 0 Å². The lowest BCUT2D eigenvalue weighted by atomic mass is 10.2. The van der Waals surface area contributed by atoms with E-state index >= 15 is 0 Å². The summed E-state index contributed by atoms with van der Waals surface area (Å²) in [5, 5.41) is 0. The van der Waals surface area contributed by atoms with Crippen molar-refractivity contribution in [2.75, 3.05) is 24.7 Å². The molecule has 0 aromatic rings. The summed E-state index contributed by atoms with van der Waals surface area (Å²) in [5.41, 5.74) is 0. The molecule has 2 aliphatic rings. The van der Waals surface area contributed by atoms with E-state index in [9.17, 15) is 4.79 Å². The van der Waals surface area contributed by atoms with E-state index in [0.29, 0.717) is 12.1 Å². The van der Waals surface area contributed by atoms with Crippen LogP contribution >= 0.6 is 11.8 Å². The van der Waals surface area contributed by atoms with E-state index in [4.69, 9.17) is 4.74 Å². The van der Waals surface area contributed by atoms with Crippen LogP contribution in [0.25, 0.3) is 0 Å². The molecule has 4 heteroatoms. The molecular formula is C10H17NO2S. The molecule has 2 saturated heterocycles. The van der Waals surface area contributed by atoms with Gasteiger partial charge in [-0.1, -0.05) is 0 Å². The summed E-state index contributed by atoms with van der Waals surface area (Å²) < 4.78 is 5.54. The van der Waals surface area contributed by atoms with Crippen LogP contribution in [0.15, 0.2) is 0 Å². The number of hydrogen-bond acceptors (Lipinski definition) is 3. The summed E-state index contributed by atoms with van der Waals surface area (Å²) in [6.07, 6.45) is 4.71. The number of rotatable bonds is 4. The molecule has 0 N–H and O–H groups in total. The van der Waals surface area contributed by atoms with E-state index in [1.165, 1.54) is 5.75 Å². The Kier molecular flexibility index (Phi) is 3.70. The third-order valence-corrected chi connectivity index (χ3v) is 4.09. The maximum Gasteiger partial charge on any atom is 0.210 e. The average molecular weight is 215 g/mol. The molecular weight excluding hydrogens is 198 g/mol. The minimum Gasteiger partial charge on any atom is -0.376 e. The maximum absolute atomic E-state index is 10.9. The average Bonchev–Trinajstić information content (AvgIpc) is 2.86. The van der Waals surface area contributed by atoms with Gasteiger partial charge in [-0.25, -0.2) is 0 Å². The Morgan fingerprint density at radius 2 is 2.43 bits per heavy atom. The van der Waals surface area contributed by atoms with E-state index in [1.54, 1.807) is 0 Å². The topological polar surface area (TPSA) is 29.5 Å². The fourth-order valence-corrected chi connectivity index (χ4v) is 3.32. The Morgan fingerprint density at radius 3 is 3.00 bits per heavy atom. The zero-order valence-electron chi connectivity index (χ0n) is 8.35. The van der Waals surface area contributed by atoms with Gasteiger partial charge in [0, 0.05) is 24.9 Å². The first-order valence-corrected chi connectivity index (χ1v) is 6.46. The van der Waals surface area contributed by atoms with Crippen molar-refractivity contribution >= 4 is 18.2 Å². The molecule has 0 spiro atoms. The highest BCUT2D eigenvalue weighted by Gasteiger charge is 2.25. The molecule has 3 nitrogen and oxygen atoms in total. The molecule has 2 unspecified atom stereocenters. The quantitative estimate of drug-likeness (QED) is 0.658. The number of thioether (sulfide) groups is 1. The predicted molar refractivity (Wildman–Crippen MR) is 57.5 cm³/mol. The van der Waals surface area contributed by atoms with Crippen molar-refractivity contribution in [3.8, 4) is 0 Å². The number of hydrogen-bond donors (Lipinski definition) is 0. The molecule has 2 fully saturated rings. The van der Waals surface area contributed by atoms with Gasteiger partial charge in [-0.2, -0.15) is 11.8 Å². The van der Waals surface area contributed by atoms with Gasteiger partial charge in [0.2, 0.25) is 6.41 Å². The van der Waals surface area contributed by atoms with Crippen molar-refractivity contribution in [1.82, 2.24) is 4.90 Å². The summed E-state index contributed by atoms with van der Waals surface area (Å²) in [6, 6.07) is 0.460. The fourth-order valence-electron chi connectivity index (χ4n) is 2.09. The van der Waals surface area contributed by atoms with Gasteiger partial charge in [0.25, 0.3) is 0 Å². The van der Waals surface area contributed by atoms with Crippen LogP contribution in [0.4, 0.5) is 0 Å². The predicted octanol–water partition coefficient (Wildman–Crippen LogP) is 1.13. The van der Waals surface area contributed by atoms with Gasteiger partial charge in [-0.3, -0.25) is 4.79 Å². The van der Waals surface area contributed by atoms with Crippen LogP contribution in [0.1, 0.15) is 19.3 Å². The Bertz CT molecular complexity index is 189. The van der Waals surface area contributed by atoms with Crippen molar-refractivity contribution in [3.05, 3.63) is 0 Å². The van der Waals surface area contributed by atoms with Gasteiger partial charge in [0.1, 0.15) is 0 Å². The molecule has 2 rings (SSSR count). The van der Waals surface area contributed by atoms with Crippen molar-refractivity contribution in [1.29, 1.82) is 0 Å². The van der Waals surface area contributed by atoms with Crippen molar-refractivity contribution in [2.24, 2.45) is 0 Å². The normalized spacial score (nSPS) is 32.0. The van der Waals surface area contributed by atoms with Crippen LogP contribution in [0.3, 0.4) is 0 Å². The third-order valence-electron chi connectivity index (χ3n) is 2.95. The molecule has 2 aliphatic heterocycles. The lowest BCUT2D eigenvalue weighted by molar-refractivity contribution is -0.121. The van der Waals surface area contributed by atoms with Gasteiger partial charge in [0.15, 0.2) is 0 Å². The molecule has 0 aromatic carbocycles. The summed E-state index contributed by atoms with van der Waals surface area (Å²) in [7, 11) is 0. The highest BCUT2D eigenvalue weighted by molar-refractivity contribution is 7.99. The van der Waals surface area contributed by atoms with Gasteiger partial charge >= 0.3 is 0 Å². The molecule has 80 valence electrons. The van der Waals surface area contributed by atoms with Gasteiger partial charge < -0.3 is 9.64 Å². The SMILES string of the molecule is O=CN(CC1CCCO1)C1CCSC1. The number of carbonyl (C=O) groups excluding carboxylic acids is 1. The number of amides is 1. The lowest BCUT2D eigenvalue weighted by Gasteiger charge is -2.26. The van der Waals surface area contributed by atoms with Crippen LogP contribution in [-0.4, -0.2) is 48.1 Å². The van der Waals surface area contributed by atoms with E-state index in [2.05, 4.69) is 0 Å². The second kappa shape index (κ2) is 5.03. The molecule has 0 bridgehead atoms. The summed E-state index contributed by atoms with van der Waals surface area (Å²) in [6.45, 7) is 1.67. The van der Waals surface area contributed by atoms with Gasteiger partial charge in [0.05, 0.1) is 6.10 Å². The van der Waals surface area contributed by atoms with Crippen LogP contribution in [0.5, 0.6) is 0 Å². The Labute approximate surface area is 89.2 Å². The highest BCUT2D eigenvalue weighted by atomic mass is 32.2. The lowest BCUT2D eigenvalue weighted by Crippen LogP contribution is -2.39. The number of ether oxygens (including phenoxy) is 1. The summed E-state index contributed by atoms with van der Waals surface area (Å²) >= 11 is 1.94. The molecule has 0 aromatic heterocycles. The summed E-state index contributed by atoms with van der Waals surface area (Å²) in [4.78, 5) is 12.9. The van der Waals surface area contributed by atoms with E-state index in [-0.39, 0.29) is 0 Å². The van der Waals surface area contributed by atoms with Gasteiger partial charge in [-0.05, 0) is 25.0 Å². The zero-order chi connectivity index (χ0) is 9.80. The fraction of sp³-hybridized carbons (Fsp3) is 0.900. The smallest absolute Gasteiger partial charge is 0.210 e. The van der Waals surface area contributed by atoms with Crippen molar-refractivity contribution in [2.45, 2.75) is 31.4 Å². The largest absolute Gasteiger partial charge is 0.376 e. The van der Waals surface area contributed by atoms with Crippen LogP contribution in [0, 0.1) is 0 Å². The molecule has 1 amide bonds. The Balaban J connectivity index is 1.82.